The van der Waals surface area contributed by atoms with Gasteiger partial charge in [0.2, 0.25) is 0 Å². The van der Waals surface area contributed by atoms with Gasteiger partial charge in [-0.25, -0.2) is 9.59 Å². The molecule has 0 amide bonds. The first kappa shape index (κ1) is 14.3. The second-order valence-electron chi connectivity index (χ2n) is 4.54. The van der Waals surface area contributed by atoms with Gasteiger partial charge in [0.15, 0.2) is 0 Å². The number of aromatic nitrogens is 1. The van der Waals surface area contributed by atoms with Gasteiger partial charge in [-0.1, -0.05) is 0 Å². The van der Waals surface area contributed by atoms with Gasteiger partial charge in [0.05, 0.1) is 25.0 Å². The van der Waals surface area contributed by atoms with Crippen molar-refractivity contribution in [2.45, 2.75) is 32.7 Å². The molecule has 0 saturated heterocycles. The van der Waals surface area contributed by atoms with Crippen LogP contribution in [-0.2, 0) is 27.2 Å². The van der Waals surface area contributed by atoms with Crippen LogP contribution in [0.1, 0.15) is 46.3 Å². The van der Waals surface area contributed by atoms with E-state index in [2.05, 4.69) is 0 Å². The monoisotopic (exact) mass is 279 g/mol. The lowest BCUT2D eigenvalue weighted by Gasteiger charge is -2.17. The Morgan fingerprint density at radius 3 is 2.70 bits per heavy atom. The summed E-state index contributed by atoms with van der Waals surface area (Å²) in [5, 5.41) is 0. The van der Waals surface area contributed by atoms with E-state index >= 15 is 0 Å². The minimum Gasteiger partial charge on any atom is -0.465 e. The van der Waals surface area contributed by atoms with E-state index in [0.29, 0.717) is 18.5 Å². The van der Waals surface area contributed by atoms with Gasteiger partial charge in [0, 0.05) is 12.2 Å². The number of nitrogens with zero attached hydrogens (tertiary/aromatic N) is 1. The van der Waals surface area contributed by atoms with Gasteiger partial charge in [0.1, 0.15) is 0 Å². The summed E-state index contributed by atoms with van der Waals surface area (Å²) >= 11 is 0. The molecule has 1 aliphatic rings. The van der Waals surface area contributed by atoms with Crippen LogP contribution >= 0.6 is 0 Å². The number of esters is 2. The first-order chi connectivity index (χ1) is 9.60. The number of carbonyl (C=O) groups excluding carboxylic acids is 3. The fourth-order valence-electron chi connectivity index (χ4n) is 2.45. The number of hydrogen-bond acceptors (Lipinski definition) is 5. The molecule has 1 aromatic rings. The highest BCUT2D eigenvalue weighted by Crippen LogP contribution is 2.25. The molecule has 0 N–H and O–H groups in total. The number of ketones is 1. The predicted molar refractivity (Wildman–Crippen MR) is 69.7 cm³/mol. The maximum Gasteiger partial charge on any atom is 0.381 e. The highest BCUT2D eigenvalue weighted by molar-refractivity contribution is 6.40. The third-order valence-electron chi connectivity index (χ3n) is 3.35. The number of ether oxygens (including phenoxy) is 2. The number of rotatable bonds is 4. The fourth-order valence-corrected chi connectivity index (χ4v) is 2.45. The second-order valence-corrected chi connectivity index (χ2v) is 4.54. The summed E-state index contributed by atoms with van der Waals surface area (Å²) < 4.78 is 11.2. The lowest BCUT2D eigenvalue weighted by atomic mass is 10.1. The third kappa shape index (κ3) is 2.45. The highest BCUT2D eigenvalue weighted by Gasteiger charge is 2.29. The molecular weight excluding hydrogens is 262 g/mol. The van der Waals surface area contributed by atoms with Crippen molar-refractivity contribution in [3.63, 3.8) is 0 Å². The Hall–Kier alpha value is -2.11. The standard InChI is InChI=1S/C14H17NO5/c1-3-20-14(18)12(16)11-8-9(13(17)19-2)10-6-4-5-7-15(10)11/h8H,3-7H2,1-2H3. The number of fused-ring (bicyclic) bond motifs is 1. The van der Waals surface area contributed by atoms with E-state index < -0.39 is 17.7 Å². The van der Waals surface area contributed by atoms with E-state index in [9.17, 15) is 14.4 Å². The number of methoxy groups -OCH3 is 1. The van der Waals surface area contributed by atoms with Gasteiger partial charge in [-0.05, 0) is 32.3 Å². The molecule has 6 nitrogen and oxygen atoms in total. The molecule has 108 valence electrons. The predicted octanol–water partition coefficient (Wildman–Crippen LogP) is 1.36. The van der Waals surface area contributed by atoms with Crippen LogP contribution in [-0.4, -0.2) is 36.0 Å². The quantitative estimate of drug-likeness (QED) is 0.472. The molecule has 0 fully saturated rings. The molecule has 2 heterocycles. The van der Waals surface area contributed by atoms with Crippen LogP contribution in [0.25, 0.3) is 0 Å². The Bertz CT molecular complexity index is 558. The lowest BCUT2D eigenvalue weighted by molar-refractivity contribution is -0.137. The Morgan fingerprint density at radius 2 is 2.05 bits per heavy atom. The Labute approximate surface area is 116 Å². The van der Waals surface area contributed by atoms with Crippen molar-refractivity contribution in [3.8, 4) is 0 Å². The highest BCUT2D eigenvalue weighted by atomic mass is 16.5. The Morgan fingerprint density at radius 1 is 1.30 bits per heavy atom. The molecule has 1 aromatic heterocycles. The third-order valence-corrected chi connectivity index (χ3v) is 3.35. The SMILES string of the molecule is CCOC(=O)C(=O)c1cc(C(=O)OC)c2n1CCCC2. The van der Waals surface area contributed by atoms with E-state index in [-0.39, 0.29) is 12.3 Å². The molecule has 1 aliphatic heterocycles. The molecule has 0 atom stereocenters. The van der Waals surface area contributed by atoms with Gasteiger partial charge in [0.25, 0.3) is 5.78 Å². The van der Waals surface area contributed by atoms with Gasteiger partial charge >= 0.3 is 11.9 Å². The van der Waals surface area contributed by atoms with Gasteiger partial charge in [-0.3, -0.25) is 4.79 Å². The Kier molecular flexibility index (Phi) is 4.22. The summed E-state index contributed by atoms with van der Waals surface area (Å²) in [6, 6.07) is 1.44. The van der Waals surface area contributed by atoms with Gasteiger partial charge in [-0.2, -0.15) is 0 Å². The van der Waals surface area contributed by atoms with Gasteiger partial charge < -0.3 is 14.0 Å². The summed E-state index contributed by atoms with van der Waals surface area (Å²) in [6.45, 7) is 2.40. The van der Waals surface area contributed by atoms with E-state index in [0.717, 1.165) is 18.5 Å². The van der Waals surface area contributed by atoms with Crippen molar-refractivity contribution in [3.05, 3.63) is 23.0 Å². The van der Waals surface area contributed by atoms with Crippen LogP contribution in [0.15, 0.2) is 6.07 Å². The number of hydrogen-bond donors (Lipinski definition) is 0. The molecule has 2 rings (SSSR count). The smallest absolute Gasteiger partial charge is 0.381 e. The minimum atomic E-state index is -0.894. The zero-order valence-corrected chi connectivity index (χ0v) is 11.6. The molecule has 0 bridgehead atoms. The van der Waals surface area contributed by atoms with E-state index in [4.69, 9.17) is 9.47 Å². The van der Waals surface area contributed by atoms with Crippen molar-refractivity contribution < 1.29 is 23.9 Å². The molecule has 0 aliphatic carbocycles. The first-order valence-corrected chi connectivity index (χ1v) is 6.62. The molecule has 0 saturated carbocycles. The number of carbonyl (C=O) groups is 3. The summed E-state index contributed by atoms with van der Waals surface area (Å²) in [7, 11) is 1.29. The van der Waals surface area contributed by atoms with Crippen LogP contribution in [0.2, 0.25) is 0 Å². The molecule has 0 radical (unpaired) electrons. The molecule has 20 heavy (non-hydrogen) atoms. The number of Topliss-reactive ketones (excluding diaryl/α,β-unsaturated/α-hetero) is 1. The first-order valence-electron chi connectivity index (χ1n) is 6.62. The second kappa shape index (κ2) is 5.90. The van der Waals surface area contributed by atoms with Crippen LogP contribution in [0, 0.1) is 0 Å². The molecule has 0 spiro atoms. The fraction of sp³-hybridized carbons (Fsp3) is 0.500. The van der Waals surface area contributed by atoms with E-state index in [1.807, 2.05) is 0 Å². The normalized spacial score (nSPS) is 13.5. The summed E-state index contributed by atoms with van der Waals surface area (Å²) in [5.41, 5.74) is 1.33. The van der Waals surface area contributed by atoms with Gasteiger partial charge in [-0.15, -0.1) is 0 Å². The van der Waals surface area contributed by atoms with E-state index in [1.54, 1.807) is 11.5 Å². The van der Waals surface area contributed by atoms with Crippen LogP contribution in [0.4, 0.5) is 0 Å². The topological polar surface area (TPSA) is 74.6 Å². The lowest BCUT2D eigenvalue weighted by Crippen LogP contribution is -2.23. The average molecular weight is 279 g/mol. The molecular formula is C14H17NO5. The van der Waals surface area contributed by atoms with Crippen molar-refractivity contribution >= 4 is 17.7 Å². The van der Waals surface area contributed by atoms with Crippen molar-refractivity contribution in [2.75, 3.05) is 13.7 Å². The molecule has 6 heteroatoms. The summed E-state index contributed by atoms with van der Waals surface area (Å²) in [6.07, 6.45) is 2.55. The maximum absolute atomic E-state index is 12.1. The zero-order valence-electron chi connectivity index (χ0n) is 11.6. The van der Waals surface area contributed by atoms with Crippen molar-refractivity contribution in [1.82, 2.24) is 4.57 Å². The summed E-state index contributed by atoms with van der Waals surface area (Å²) in [5.74, 6) is -2.10. The zero-order chi connectivity index (χ0) is 14.7. The largest absolute Gasteiger partial charge is 0.465 e. The summed E-state index contributed by atoms with van der Waals surface area (Å²) in [4.78, 5) is 35.4. The van der Waals surface area contributed by atoms with Crippen LogP contribution in [0.5, 0.6) is 0 Å². The molecule has 0 aromatic carbocycles. The maximum atomic E-state index is 12.1. The van der Waals surface area contributed by atoms with Crippen molar-refractivity contribution in [1.29, 1.82) is 0 Å². The Balaban J connectivity index is 2.43. The van der Waals surface area contributed by atoms with Crippen LogP contribution in [0.3, 0.4) is 0 Å². The average Bonchev–Trinajstić information content (AvgIpc) is 2.85. The molecule has 0 unspecified atom stereocenters. The minimum absolute atomic E-state index is 0.141. The van der Waals surface area contributed by atoms with Crippen LogP contribution < -0.4 is 0 Å². The van der Waals surface area contributed by atoms with Crippen molar-refractivity contribution in [2.24, 2.45) is 0 Å². The van der Waals surface area contributed by atoms with E-state index in [1.165, 1.54) is 13.2 Å².